The number of hydrogen-bond acceptors (Lipinski definition) is 2. The van der Waals surface area contributed by atoms with Crippen LogP contribution in [0.1, 0.15) is 26.2 Å². The van der Waals surface area contributed by atoms with Crippen LogP contribution in [-0.4, -0.2) is 17.1 Å². The Morgan fingerprint density at radius 1 is 1.40 bits per heavy atom. The summed E-state index contributed by atoms with van der Waals surface area (Å²) in [6.07, 6.45) is 2.03. The molecule has 2 N–H and O–H groups in total. The zero-order valence-corrected chi connectivity index (χ0v) is 8.94. The summed E-state index contributed by atoms with van der Waals surface area (Å²) in [6, 6.07) is 9.74. The van der Waals surface area contributed by atoms with Crippen LogP contribution >= 0.6 is 0 Å². The Kier molecular flexibility index (Phi) is 4.68. The van der Waals surface area contributed by atoms with Crippen molar-refractivity contribution in [3.63, 3.8) is 0 Å². The molecule has 0 bridgehead atoms. The first-order valence-electron chi connectivity index (χ1n) is 5.25. The number of aliphatic carboxylic acids is 1. The first-order valence-corrected chi connectivity index (χ1v) is 5.25. The molecule has 1 rings (SSSR count). The van der Waals surface area contributed by atoms with Crippen molar-refractivity contribution in [2.45, 2.75) is 32.2 Å². The number of carboxylic acids is 1. The van der Waals surface area contributed by atoms with Gasteiger partial charge in [-0.25, -0.2) is 0 Å². The van der Waals surface area contributed by atoms with E-state index in [1.165, 1.54) is 0 Å². The second-order valence-corrected chi connectivity index (χ2v) is 3.59. The molecule has 0 spiro atoms. The summed E-state index contributed by atoms with van der Waals surface area (Å²) in [5, 5.41) is 12.0. The average Bonchev–Trinajstić information content (AvgIpc) is 2.18. The van der Waals surface area contributed by atoms with Gasteiger partial charge in [0.1, 0.15) is 0 Å². The molecule has 1 aromatic carbocycles. The van der Waals surface area contributed by atoms with Crippen molar-refractivity contribution in [3.05, 3.63) is 30.3 Å². The summed E-state index contributed by atoms with van der Waals surface area (Å²) in [4.78, 5) is 10.6. The smallest absolute Gasteiger partial charge is 0.305 e. The lowest BCUT2D eigenvalue weighted by molar-refractivity contribution is -0.137. The Balaban J connectivity index is 2.54. The van der Waals surface area contributed by atoms with Gasteiger partial charge in [0.25, 0.3) is 0 Å². The van der Waals surface area contributed by atoms with Gasteiger partial charge in [0, 0.05) is 11.7 Å². The molecule has 0 saturated heterocycles. The lowest BCUT2D eigenvalue weighted by atomic mass is 10.1. The van der Waals surface area contributed by atoms with Crippen LogP contribution in [0.15, 0.2) is 30.3 Å². The molecule has 0 saturated carbocycles. The predicted molar refractivity (Wildman–Crippen MR) is 61.0 cm³/mol. The van der Waals surface area contributed by atoms with Crippen LogP contribution in [0.25, 0.3) is 0 Å². The van der Waals surface area contributed by atoms with Crippen LogP contribution in [-0.2, 0) is 4.79 Å². The summed E-state index contributed by atoms with van der Waals surface area (Å²) in [6.45, 7) is 2.06. The Morgan fingerprint density at radius 3 is 2.60 bits per heavy atom. The van der Waals surface area contributed by atoms with Crippen LogP contribution in [0, 0.1) is 0 Å². The molecule has 0 aromatic heterocycles. The highest BCUT2D eigenvalue weighted by atomic mass is 16.4. The molecule has 1 atom stereocenters. The minimum Gasteiger partial charge on any atom is -0.481 e. The number of carbonyl (C=O) groups is 1. The molecule has 0 aliphatic heterocycles. The summed E-state index contributed by atoms with van der Waals surface area (Å²) in [7, 11) is 0. The van der Waals surface area contributed by atoms with E-state index in [2.05, 4.69) is 12.2 Å². The minimum absolute atomic E-state index is 0.0231. The average molecular weight is 207 g/mol. The molecule has 0 heterocycles. The quantitative estimate of drug-likeness (QED) is 0.754. The van der Waals surface area contributed by atoms with Gasteiger partial charge in [-0.3, -0.25) is 4.79 Å². The van der Waals surface area contributed by atoms with Gasteiger partial charge >= 0.3 is 5.97 Å². The van der Waals surface area contributed by atoms with Gasteiger partial charge in [0.05, 0.1) is 6.42 Å². The van der Waals surface area contributed by atoms with E-state index in [9.17, 15) is 4.79 Å². The highest BCUT2D eigenvalue weighted by Crippen LogP contribution is 2.12. The van der Waals surface area contributed by atoms with Gasteiger partial charge in [0.15, 0.2) is 0 Å². The molecule has 0 aliphatic rings. The molecule has 0 unspecified atom stereocenters. The number of rotatable bonds is 6. The van der Waals surface area contributed by atoms with E-state index >= 15 is 0 Å². The zero-order chi connectivity index (χ0) is 11.1. The zero-order valence-electron chi connectivity index (χ0n) is 8.94. The molecule has 15 heavy (non-hydrogen) atoms. The normalized spacial score (nSPS) is 12.1. The Morgan fingerprint density at radius 2 is 2.07 bits per heavy atom. The Labute approximate surface area is 90.1 Å². The van der Waals surface area contributed by atoms with Crippen LogP contribution in [0.2, 0.25) is 0 Å². The molecule has 1 aromatic rings. The highest BCUT2D eigenvalue weighted by molar-refractivity contribution is 5.68. The van der Waals surface area contributed by atoms with E-state index in [-0.39, 0.29) is 12.5 Å². The molecular formula is C12H17NO2. The first-order chi connectivity index (χ1) is 7.22. The second kappa shape index (κ2) is 6.06. The third-order valence-electron chi connectivity index (χ3n) is 2.20. The molecule has 0 aliphatic carbocycles. The van der Waals surface area contributed by atoms with E-state index in [1.54, 1.807) is 0 Å². The maximum atomic E-state index is 10.6. The second-order valence-electron chi connectivity index (χ2n) is 3.59. The third-order valence-corrected chi connectivity index (χ3v) is 2.20. The monoisotopic (exact) mass is 207 g/mol. The van der Waals surface area contributed by atoms with E-state index in [0.717, 1.165) is 18.5 Å². The fourth-order valence-corrected chi connectivity index (χ4v) is 1.55. The van der Waals surface area contributed by atoms with Gasteiger partial charge in [-0.1, -0.05) is 31.5 Å². The number of benzene rings is 1. The van der Waals surface area contributed by atoms with Crippen molar-refractivity contribution in [2.24, 2.45) is 0 Å². The summed E-state index contributed by atoms with van der Waals surface area (Å²) in [5.41, 5.74) is 0.984. The van der Waals surface area contributed by atoms with E-state index in [1.807, 2.05) is 30.3 Å². The standard InChI is InChI=1S/C12H17NO2/c1-2-6-11(9-12(14)15)13-10-7-4-3-5-8-10/h3-5,7-8,11,13H,2,6,9H2,1H3,(H,14,15)/t11-/m0/s1. The van der Waals surface area contributed by atoms with Crippen LogP contribution < -0.4 is 5.32 Å². The third kappa shape index (κ3) is 4.49. The van der Waals surface area contributed by atoms with E-state index in [4.69, 9.17) is 5.11 Å². The van der Waals surface area contributed by atoms with Crippen LogP contribution in [0.3, 0.4) is 0 Å². The van der Waals surface area contributed by atoms with Gasteiger partial charge < -0.3 is 10.4 Å². The molecular weight excluding hydrogens is 190 g/mol. The Hall–Kier alpha value is -1.51. The SMILES string of the molecule is CCC[C@@H](CC(=O)O)Nc1ccccc1. The van der Waals surface area contributed by atoms with Crippen LogP contribution in [0.4, 0.5) is 5.69 Å². The largest absolute Gasteiger partial charge is 0.481 e. The molecule has 3 nitrogen and oxygen atoms in total. The lowest BCUT2D eigenvalue weighted by Gasteiger charge is -2.17. The summed E-state index contributed by atoms with van der Waals surface area (Å²) >= 11 is 0. The summed E-state index contributed by atoms with van der Waals surface area (Å²) in [5.74, 6) is -0.753. The minimum atomic E-state index is -0.753. The van der Waals surface area contributed by atoms with Crippen molar-refractivity contribution >= 4 is 11.7 Å². The molecule has 0 fully saturated rings. The topological polar surface area (TPSA) is 49.3 Å². The van der Waals surface area contributed by atoms with Crippen molar-refractivity contribution in [3.8, 4) is 0 Å². The van der Waals surface area contributed by atoms with Gasteiger partial charge in [0.2, 0.25) is 0 Å². The Bertz CT molecular complexity index is 298. The van der Waals surface area contributed by atoms with Gasteiger partial charge in [-0.2, -0.15) is 0 Å². The van der Waals surface area contributed by atoms with E-state index < -0.39 is 5.97 Å². The fourth-order valence-electron chi connectivity index (χ4n) is 1.55. The molecule has 3 heteroatoms. The van der Waals surface area contributed by atoms with Gasteiger partial charge in [-0.05, 0) is 18.6 Å². The fraction of sp³-hybridized carbons (Fsp3) is 0.417. The van der Waals surface area contributed by atoms with Crippen molar-refractivity contribution in [2.75, 3.05) is 5.32 Å². The number of carboxylic acid groups (broad SMARTS) is 1. The van der Waals surface area contributed by atoms with Crippen LogP contribution in [0.5, 0.6) is 0 Å². The number of para-hydroxylation sites is 1. The molecule has 0 amide bonds. The summed E-state index contributed by atoms with van der Waals surface area (Å²) < 4.78 is 0. The van der Waals surface area contributed by atoms with Crippen molar-refractivity contribution in [1.29, 1.82) is 0 Å². The maximum absolute atomic E-state index is 10.6. The molecule has 82 valence electrons. The van der Waals surface area contributed by atoms with Crippen molar-refractivity contribution < 1.29 is 9.90 Å². The first kappa shape index (κ1) is 11.6. The van der Waals surface area contributed by atoms with E-state index in [0.29, 0.717) is 0 Å². The predicted octanol–water partition coefficient (Wildman–Crippen LogP) is 2.74. The molecule has 0 radical (unpaired) electrons. The number of anilines is 1. The number of hydrogen-bond donors (Lipinski definition) is 2. The van der Waals surface area contributed by atoms with Crippen molar-refractivity contribution in [1.82, 2.24) is 0 Å². The number of nitrogens with one attached hydrogen (secondary N) is 1. The maximum Gasteiger partial charge on any atom is 0.305 e. The highest BCUT2D eigenvalue weighted by Gasteiger charge is 2.11. The lowest BCUT2D eigenvalue weighted by Crippen LogP contribution is -2.22. The van der Waals surface area contributed by atoms with Gasteiger partial charge in [-0.15, -0.1) is 0 Å².